The van der Waals surface area contributed by atoms with Gasteiger partial charge in [0.1, 0.15) is 11.5 Å². The largest absolute Gasteiger partial charge is 0.482 e. The van der Waals surface area contributed by atoms with Gasteiger partial charge in [0, 0.05) is 5.69 Å². The first-order valence-electron chi connectivity index (χ1n) is 6.66. The average Bonchev–Trinajstić information content (AvgIpc) is 2.53. The number of anilines is 1. The SMILES string of the molecule is O=C(O)COc1ccc(NC(=O)COc2ccccc2Cl)cc1. The molecule has 0 radical (unpaired) electrons. The summed E-state index contributed by atoms with van der Waals surface area (Å²) in [6.07, 6.45) is 0. The van der Waals surface area contributed by atoms with Gasteiger partial charge in [0.15, 0.2) is 13.2 Å². The van der Waals surface area contributed by atoms with E-state index in [4.69, 9.17) is 26.2 Å². The summed E-state index contributed by atoms with van der Waals surface area (Å²) in [6.45, 7) is -0.599. The lowest BCUT2D eigenvalue weighted by atomic mass is 10.3. The molecule has 6 nitrogen and oxygen atoms in total. The monoisotopic (exact) mass is 335 g/mol. The van der Waals surface area contributed by atoms with Crippen LogP contribution >= 0.6 is 11.6 Å². The van der Waals surface area contributed by atoms with E-state index in [1.165, 1.54) is 0 Å². The zero-order valence-corrected chi connectivity index (χ0v) is 12.7. The molecule has 0 heterocycles. The smallest absolute Gasteiger partial charge is 0.341 e. The summed E-state index contributed by atoms with van der Waals surface area (Å²) in [5.41, 5.74) is 0.542. The van der Waals surface area contributed by atoms with E-state index in [1.807, 2.05) is 0 Å². The number of amides is 1. The molecule has 0 aliphatic rings. The molecule has 0 aromatic heterocycles. The number of halogens is 1. The minimum Gasteiger partial charge on any atom is -0.482 e. The van der Waals surface area contributed by atoms with Crippen molar-refractivity contribution < 1.29 is 24.2 Å². The van der Waals surface area contributed by atoms with Gasteiger partial charge in [-0.25, -0.2) is 4.79 Å². The molecule has 7 heteroatoms. The maximum absolute atomic E-state index is 11.8. The minimum absolute atomic E-state index is 0.180. The van der Waals surface area contributed by atoms with Gasteiger partial charge in [-0.3, -0.25) is 4.79 Å². The third-order valence-corrected chi connectivity index (χ3v) is 3.01. The van der Waals surface area contributed by atoms with Gasteiger partial charge in [0.25, 0.3) is 5.91 Å². The van der Waals surface area contributed by atoms with Crippen LogP contribution in [0.3, 0.4) is 0 Å². The summed E-state index contributed by atoms with van der Waals surface area (Å²) in [5.74, 6) is -0.567. The Bertz CT molecular complexity index is 687. The topological polar surface area (TPSA) is 84.9 Å². The molecule has 0 unspecified atom stereocenters. The predicted octanol–water partition coefficient (Wildman–Crippen LogP) is 2.82. The summed E-state index contributed by atoms with van der Waals surface area (Å²) in [5, 5.41) is 11.6. The van der Waals surface area contributed by atoms with Crippen molar-refractivity contribution in [3.63, 3.8) is 0 Å². The Balaban J connectivity index is 1.83. The standard InChI is InChI=1S/C16H14ClNO5/c17-13-3-1-2-4-14(13)23-9-15(19)18-11-5-7-12(8-6-11)22-10-16(20)21/h1-8H,9-10H2,(H,18,19)(H,20,21). The fourth-order valence-corrected chi connectivity index (χ4v) is 1.87. The van der Waals surface area contributed by atoms with E-state index in [1.54, 1.807) is 48.5 Å². The van der Waals surface area contributed by atoms with E-state index >= 15 is 0 Å². The van der Waals surface area contributed by atoms with E-state index in [0.717, 1.165) is 0 Å². The van der Waals surface area contributed by atoms with Crippen LogP contribution in [0.15, 0.2) is 48.5 Å². The van der Waals surface area contributed by atoms with Gasteiger partial charge >= 0.3 is 5.97 Å². The molecule has 0 bridgehead atoms. The molecule has 0 aliphatic heterocycles. The first kappa shape index (κ1) is 16.6. The van der Waals surface area contributed by atoms with Crippen LogP contribution in [0.1, 0.15) is 0 Å². The van der Waals surface area contributed by atoms with Crippen LogP contribution in [0.2, 0.25) is 5.02 Å². The maximum atomic E-state index is 11.8. The number of benzene rings is 2. The molecule has 23 heavy (non-hydrogen) atoms. The van der Waals surface area contributed by atoms with E-state index < -0.39 is 12.6 Å². The first-order valence-corrected chi connectivity index (χ1v) is 7.04. The summed E-state index contributed by atoms with van der Waals surface area (Å²) in [4.78, 5) is 22.2. The number of carbonyl (C=O) groups is 2. The number of carboxylic acid groups (broad SMARTS) is 1. The van der Waals surface area contributed by atoms with E-state index in [2.05, 4.69) is 5.32 Å². The second kappa shape index (κ2) is 8.05. The van der Waals surface area contributed by atoms with Crippen LogP contribution in [0.25, 0.3) is 0 Å². The molecule has 2 N–H and O–H groups in total. The zero-order chi connectivity index (χ0) is 16.7. The Kier molecular flexibility index (Phi) is 5.82. The number of ether oxygens (including phenoxy) is 2. The molecule has 2 aromatic rings. The number of carboxylic acids is 1. The number of carbonyl (C=O) groups excluding carboxylic acids is 1. The molecule has 0 atom stereocenters. The van der Waals surface area contributed by atoms with Crippen molar-refractivity contribution >= 4 is 29.2 Å². The summed E-state index contributed by atoms with van der Waals surface area (Å²) < 4.78 is 10.3. The highest BCUT2D eigenvalue weighted by atomic mass is 35.5. The lowest BCUT2D eigenvalue weighted by molar-refractivity contribution is -0.139. The number of hydrogen-bond acceptors (Lipinski definition) is 4. The molecule has 0 aliphatic carbocycles. The van der Waals surface area contributed by atoms with Gasteiger partial charge in [-0.15, -0.1) is 0 Å². The van der Waals surface area contributed by atoms with Crippen molar-refractivity contribution in [3.8, 4) is 11.5 Å². The number of aliphatic carboxylic acids is 1. The fraction of sp³-hybridized carbons (Fsp3) is 0.125. The minimum atomic E-state index is -1.06. The molecule has 0 spiro atoms. The normalized spacial score (nSPS) is 9.96. The van der Waals surface area contributed by atoms with Crippen LogP contribution in [-0.2, 0) is 9.59 Å². The lowest BCUT2D eigenvalue weighted by Gasteiger charge is -2.09. The average molecular weight is 336 g/mol. The highest BCUT2D eigenvalue weighted by Gasteiger charge is 2.06. The molecule has 1 amide bonds. The molecule has 0 saturated heterocycles. The predicted molar refractivity (Wildman–Crippen MR) is 85.1 cm³/mol. The van der Waals surface area contributed by atoms with Crippen molar-refractivity contribution in [1.29, 1.82) is 0 Å². The molecule has 120 valence electrons. The van der Waals surface area contributed by atoms with Crippen molar-refractivity contribution in [2.75, 3.05) is 18.5 Å². The molecular weight excluding hydrogens is 322 g/mol. The Hall–Kier alpha value is -2.73. The Morgan fingerprint density at radius 3 is 2.35 bits per heavy atom. The number of nitrogens with one attached hydrogen (secondary N) is 1. The van der Waals surface area contributed by atoms with Crippen LogP contribution in [-0.4, -0.2) is 30.2 Å². The van der Waals surface area contributed by atoms with Gasteiger partial charge in [-0.1, -0.05) is 23.7 Å². The van der Waals surface area contributed by atoms with Crippen molar-refractivity contribution in [2.45, 2.75) is 0 Å². The maximum Gasteiger partial charge on any atom is 0.341 e. The molecule has 2 aromatic carbocycles. The fourth-order valence-electron chi connectivity index (χ4n) is 1.68. The van der Waals surface area contributed by atoms with Gasteiger partial charge in [-0.05, 0) is 36.4 Å². The van der Waals surface area contributed by atoms with Crippen LogP contribution in [0.5, 0.6) is 11.5 Å². The second-order valence-electron chi connectivity index (χ2n) is 4.47. The number of hydrogen-bond donors (Lipinski definition) is 2. The van der Waals surface area contributed by atoms with Crippen LogP contribution < -0.4 is 14.8 Å². The van der Waals surface area contributed by atoms with Gasteiger partial charge in [-0.2, -0.15) is 0 Å². The van der Waals surface area contributed by atoms with Gasteiger partial charge in [0.2, 0.25) is 0 Å². The van der Waals surface area contributed by atoms with Crippen LogP contribution in [0, 0.1) is 0 Å². The highest BCUT2D eigenvalue weighted by molar-refractivity contribution is 6.32. The quantitative estimate of drug-likeness (QED) is 0.812. The Morgan fingerprint density at radius 2 is 1.70 bits per heavy atom. The zero-order valence-electron chi connectivity index (χ0n) is 12.0. The first-order chi connectivity index (χ1) is 11.0. The van der Waals surface area contributed by atoms with E-state index in [0.29, 0.717) is 22.2 Å². The van der Waals surface area contributed by atoms with E-state index in [9.17, 15) is 9.59 Å². The summed E-state index contributed by atoms with van der Waals surface area (Å²) in [6, 6.07) is 13.2. The summed E-state index contributed by atoms with van der Waals surface area (Å²) >= 11 is 5.92. The van der Waals surface area contributed by atoms with Crippen molar-refractivity contribution in [2.24, 2.45) is 0 Å². The summed E-state index contributed by atoms with van der Waals surface area (Å²) in [7, 11) is 0. The second-order valence-corrected chi connectivity index (χ2v) is 4.88. The highest BCUT2D eigenvalue weighted by Crippen LogP contribution is 2.23. The molecule has 0 fully saturated rings. The van der Waals surface area contributed by atoms with Gasteiger partial charge in [0.05, 0.1) is 5.02 Å². The molecule has 2 rings (SSSR count). The number of rotatable bonds is 7. The number of para-hydroxylation sites is 1. The van der Waals surface area contributed by atoms with E-state index in [-0.39, 0.29) is 12.5 Å². The third-order valence-electron chi connectivity index (χ3n) is 2.70. The van der Waals surface area contributed by atoms with Crippen molar-refractivity contribution in [1.82, 2.24) is 0 Å². The Morgan fingerprint density at radius 1 is 1.00 bits per heavy atom. The Labute approximate surface area is 137 Å². The van der Waals surface area contributed by atoms with Crippen molar-refractivity contribution in [3.05, 3.63) is 53.6 Å². The molecular formula is C16H14ClNO5. The lowest BCUT2D eigenvalue weighted by Crippen LogP contribution is -2.20. The molecule has 0 saturated carbocycles. The van der Waals surface area contributed by atoms with Gasteiger partial charge < -0.3 is 19.9 Å². The van der Waals surface area contributed by atoms with Crippen LogP contribution in [0.4, 0.5) is 5.69 Å². The third kappa shape index (κ3) is 5.52.